The van der Waals surface area contributed by atoms with E-state index in [0.29, 0.717) is 11.3 Å². The molecule has 2 aromatic carbocycles. The third-order valence-corrected chi connectivity index (χ3v) is 5.45. The molecular weight excluding hydrogens is 406 g/mol. The molecule has 0 saturated carbocycles. The molecule has 9 heteroatoms. The first kappa shape index (κ1) is 21.4. The molecule has 1 saturated heterocycles. The average molecular weight is 430 g/mol. The normalized spacial score (nSPS) is 15.5. The first-order valence-electron chi connectivity index (χ1n) is 10.1. The maximum Gasteiger partial charge on any atom is 0.300 e. The van der Waals surface area contributed by atoms with Crippen LogP contribution in [0.25, 0.3) is 11.1 Å². The van der Waals surface area contributed by atoms with Crippen molar-refractivity contribution in [3.8, 4) is 0 Å². The first-order valence-corrected chi connectivity index (χ1v) is 10.1. The summed E-state index contributed by atoms with van der Waals surface area (Å²) in [5, 5.41) is 2.85. The third-order valence-electron chi connectivity index (χ3n) is 5.45. The van der Waals surface area contributed by atoms with Gasteiger partial charge in [-0.2, -0.15) is 4.98 Å². The van der Waals surface area contributed by atoms with Gasteiger partial charge in [0, 0.05) is 38.9 Å². The van der Waals surface area contributed by atoms with Crippen LogP contribution in [0.15, 0.2) is 34.7 Å². The van der Waals surface area contributed by atoms with Crippen LogP contribution in [-0.4, -0.2) is 42.1 Å². The number of hydrogen-bond acceptors (Lipinski definition) is 7. The SMILES string of the molecule is CO[C@@H](C(=O)Cc1ccc2nc(Nc3cc(F)ccc3CN)oc2c1F)N1CCCC1. The average Bonchev–Trinajstić information content (AvgIpc) is 3.41. The highest BCUT2D eigenvalue weighted by Crippen LogP contribution is 2.28. The Morgan fingerprint density at radius 1 is 1.26 bits per heavy atom. The van der Waals surface area contributed by atoms with Gasteiger partial charge in [-0.05, 0) is 42.2 Å². The van der Waals surface area contributed by atoms with Crippen LogP contribution in [0.1, 0.15) is 24.0 Å². The fraction of sp³-hybridized carbons (Fsp3) is 0.364. The Balaban J connectivity index is 1.57. The lowest BCUT2D eigenvalue weighted by Crippen LogP contribution is -2.41. The predicted octanol–water partition coefficient (Wildman–Crippen LogP) is 3.49. The fourth-order valence-electron chi connectivity index (χ4n) is 3.88. The van der Waals surface area contributed by atoms with E-state index in [2.05, 4.69) is 10.3 Å². The lowest BCUT2D eigenvalue weighted by Gasteiger charge is -2.24. The molecule has 0 amide bonds. The Hall–Kier alpha value is -2.88. The molecule has 0 bridgehead atoms. The summed E-state index contributed by atoms with van der Waals surface area (Å²) in [5.74, 6) is -1.32. The number of oxazole rings is 1. The largest absolute Gasteiger partial charge is 0.420 e. The van der Waals surface area contributed by atoms with E-state index in [1.807, 2.05) is 4.90 Å². The van der Waals surface area contributed by atoms with Gasteiger partial charge in [0.15, 0.2) is 23.4 Å². The van der Waals surface area contributed by atoms with E-state index in [-0.39, 0.29) is 41.4 Å². The molecule has 0 radical (unpaired) electrons. The number of ether oxygens (including phenoxy) is 1. The maximum absolute atomic E-state index is 15.1. The van der Waals surface area contributed by atoms with Crippen molar-refractivity contribution >= 4 is 28.6 Å². The quantitative estimate of drug-likeness (QED) is 0.565. The van der Waals surface area contributed by atoms with Gasteiger partial charge >= 0.3 is 0 Å². The summed E-state index contributed by atoms with van der Waals surface area (Å²) in [6, 6.07) is 7.23. The molecule has 0 aliphatic carbocycles. The number of ketones is 1. The van der Waals surface area contributed by atoms with Crippen LogP contribution < -0.4 is 11.1 Å². The number of Topliss-reactive ketones (excluding diaryl/α,β-unsaturated/α-hetero) is 1. The standard InChI is InChI=1S/C22H24F2N4O3/c1-30-21(28-8-2-3-9-28)18(29)10-13-5-7-16-20(19(13)24)31-22(26-16)27-17-11-15(23)6-4-14(17)12-25/h4-7,11,21H,2-3,8-10,12,25H2,1H3,(H,26,27)/t21-/m0/s1. The van der Waals surface area contributed by atoms with Crippen LogP contribution in [0.3, 0.4) is 0 Å². The molecule has 31 heavy (non-hydrogen) atoms. The van der Waals surface area contributed by atoms with Crippen LogP contribution in [0.2, 0.25) is 0 Å². The van der Waals surface area contributed by atoms with Crippen molar-refractivity contribution in [1.82, 2.24) is 9.88 Å². The van der Waals surface area contributed by atoms with Crippen LogP contribution in [0.4, 0.5) is 20.5 Å². The number of methoxy groups -OCH3 is 1. The van der Waals surface area contributed by atoms with Crippen molar-refractivity contribution in [1.29, 1.82) is 0 Å². The number of aromatic nitrogens is 1. The Kier molecular flexibility index (Phi) is 6.26. The predicted molar refractivity (Wildman–Crippen MR) is 112 cm³/mol. The van der Waals surface area contributed by atoms with Gasteiger partial charge in [-0.15, -0.1) is 0 Å². The highest BCUT2D eigenvalue weighted by atomic mass is 19.1. The fourth-order valence-corrected chi connectivity index (χ4v) is 3.88. The number of benzene rings is 2. The molecule has 3 N–H and O–H groups in total. The van der Waals surface area contributed by atoms with Gasteiger partial charge in [0.2, 0.25) is 0 Å². The van der Waals surface area contributed by atoms with E-state index in [9.17, 15) is 9.18 Å². The molecular formula is C22H24F2N4O3. The molecule has 1 fully saturated rings. The van der Waals surface area contributed by atoms with Crippen molar-refractivity contribution in [2.24, 2.45) is 5.73 Å². The second-order valence-corrected chi connectivity index (χ2v) is 7.51. The molecule has 0 unspecified atom stereocenters. The van der Waals surface area contributed by atoms with E-state index >= 15 is 4.39 Å². The zero-order chi connectivity index (χ0) is 22.0. The number of carbonyl (C=O) groups excluding carboxylic acids is 1. The molecule has 7 nitrogen and oxygen atoms in total. The van der Waals surface area contributed by atoms with Gasteiger partial charge < -0.3 is 20.2 Å². The van der Waals surface area contributed by atoms with Crippen LogP contribution in [-0.2, 0) is 22.5 Å². The Morgan fingerprint density at radius 2 is 2.00 bits per heavy atom. The van der Waals surface area contributed by atoms with Gasteiger partial charge in [-0.3, -0.25) is 9.69 Å². The number of likely N-dealkylation sites (tertiary alicyclic amines) is 1. The Morgan fingerprint density at radius 3 is 2.71 bits per heavy atom. The van der Waals surface area contributed by atoms with Crippen molar-refractivity contribution in [3.05, 3.63) is 53.1 Å². The van der Waals surface area contributed by atoms with E-state index in [1.54, 1.807) is 12.1 Å². The summed E-state index contributed by atoms with van der Waals surface area (Å²) < 4.78 is 39.6. The summed E-state index contributed by atoms with van der Waals surface area (Å²) in [7, 11) is 1.48. The molecule has 164 valence electrons. The number of halogens is 2. The van der Waals surface area contributed by atoms with E-state index in [1.165, 1.54) is 25.3 Å². The minimum absolute atomic E-state index is 0.00418. The van der Waals surface area contributed by atoms with Crippen molar-refractivity contribution < 1.29 is 22.7 Å². The Bertz CT molecular complexity index is 1100. The van der Waals surface area contributed by atoms with Gasteiger partial charge in [0.1, 0.15) is 11.3 Å². The van der Waals surface area contributed by atoms with Crippen molar-refractivity contribution in [2.45, 2.75) is 32.0 Å². The lowest BCUT2D eigenvalue weighted by atomic mass is 10.1. The number of nitrogens with one attached hydrogen (secondary N) is 1. The van der Waals surface area contributed by atoms with Crippen molar-refractivity contribution in [2.75, 3.05) is 25.5 Å². The zero-order valence-corrected chi connectivity index (χ0v) is 17.2. The molecule has 1 atom stereocenters. The Labute approximate surface area is 178 Å². The molecule has 1 aromatic heterocycles. The second kappa shape index (κ2) is 9.09. The summed E-state index contributed by atoms with van der Waals surface area (Å²) in [6.45, 7) is 1.75. The third kappa shape index (κ3) is 4.43. The summed E-state index contributed by atoms with van der Waals surface area (Å²) in [4.78, 5) is 18.9. The van der Waals surface area contributed by atoms with Gasteiger partial charge in [-0.25, -0.2) is 8.78 Å². The van der Waals surface area contributed by atoms with Gasteiger partial charge in [0.05, 0.1) is 0 Å². The topological polar surface area (TPSA) is 93.6 Å². The summed E-state index contributed by atoms with van der Waals surface area (Å²) in [5.41, 5.74) is 7.14. The minimum Gasteiger partial charge on any atom is -0.420 e. The highest BCUT2D eigenvalue weighted by Gasteiger charge is 2.29. The van der Waals surface area contributed by atoms with Gasteiger partial charge in [-0.1, -0.05) is 12.1 Å². The van der Waals surface area contributed by atoms with Crippen LogP contribution >= 0.6 is 0 Å². The van der Waals surface area contributed by atoms with Crippen LogP contribution in [0, 0.1) is 11.6 Å². The number of hydrogen-bond donors (Lipinski definition) is 2. The molecule has 1 aliphatic heterocycles. The lowest BCUT2D eigenvalue weighted by molar-refractivity contribution is -0.138. The molecule has 2 heterocycles. The number of anilines is 2. The molecule has 1 aliphatic rings. The summed E-state index contributed by atoms with van der Waals surface area (Å²) >= 11 is 0. The van der Waals surface area contributed by atoms with Crippen molar-refractivity contribution in [3.63, 3.8) is 0 Å². The highest BCUT2D eigenvalue weighted by molar-refractivity contribution is 5.86. The second-order valence-electron chi connectivity index (χ2n) is 7.51. The van der Waals surface area contributed by atoms with Gasteiger partial charge in [0.25, 0.3) is 6.01 Å². The number of carbonyl (C=O) groups is 1. The number of rotatable bonds is 8. The monoisotopic (exact) mass is 430 g/mol. The smallest absolute Gasteiger partial charge is 0.300 e. The molecule has 4 rings (SSSR count). The molecule has 3 aromatic rings. The zero-order valence-electron chi connectivity index (χ0n) is 17.2. The van der Waals surface area contributed by atoms with Crippen LogP contribution in [0.5, 0.6) is 0 Å². The van der Waals surface area contributed by atoms with E-state index in [4.69, 9.17) is 14.9 Å². The van der Waals surface area contributed by atoms with E-state index < -0.39 is 17.9 Å². The first-order chi connectivity index (χ1) is 15.0. The number of nitrogens with two attached hydrogens (primary N) is 1. The number of nitrogens with zero attached hydrogens (tertiary/aromatic N) is 2. The van der Waals surface area contributed by atoms with E-state index in [0.717, 1.165) is 25.9 Å². The molecule has 0 spiro atoms. The maximum atomic E-state index is 15.1. The minimum atomic E-state index is -0.688. The summed E-state index contributed by atoms with van der Waals surface area (Å²) in [6.07, 6.45) is 1.21. The number of fused-ring (bicyclic) bond motifs is 1.